The van der Waals surface area contributed by atoms with E-state index in [0.29, 0.717) is 0 Å². The molecule has 0 aliphatic rings. The number of hydrogen-bond acceptors (Lipinski definition) is 3. The first kappa shape index (κ1) is 20.4. The first-order valence-corrected chi connectivity index (χ1v) is 10.7. The van der Waals surface area contributed by atoms with Gasteiger partial charge in [-0.25, -0.2) is 4.98 Å². The van der Waals surface area contributed by atoms with Crippen LogP contribution in [0.3, 0.4) is 0 Å². The maximum absolute atomic E-state index is 12.6. The summed E-state index contributed by atoms with van der Waals surface area (Å²) in [7, 11) is 0. The zero-order valence-electron chi connectivity index (χ0n) is 17.0. The van der Waals surface area contributed by atoms with E-state index in [1.54, 1.807) is 0 Å². The Morgan fingerprint density at radius 3 is 2.54 bits per heavy atom. The molecule has 146 valence electrons. The normalized spacial score (nSPS) is 13.3. The Hall–Kier alpha value is -2.33. The van der Waals surface area contributed by atoms with Crippen LogP contribution in [0, 0.1) is 13.8 Å². The Morgan fingerprint density at radius 2 is 1.79 bits per heavy atom. The highest BCUT2D eigenvalue weighted by molar-refractivity contribution is 8.00. The van der Waals surface area contributed by atoms with E-state index in [1.165, 1.54) is 28.3 Å². The Kier molecular flexibility index (Phi) is 6.74. The molecule has 3 rings (SSSR count). The molecule has 0 aliphatic heterocycles. The highest BCUT2D eigenvalue weighted by Crippen LogP contribution is 2.28. The van der Waals surface area contributed by atoms with Crippen LogP contribution in [0.15, 0.2) is 59.6 Å². The van der Waals surface area contributed by atoms with Crippen molar-refractivity contribution in [1.82, 2.24) is 10.3 Å². The van der Waals surface area contributed by atoms with Gasteiger partial charge >= 0.3 is 0 Å². The third-order valence-corrected chi connectivity index (χ3v) is 6.01. The minimum Gasteiger partial charge on any atom is -0.353 e. The molecule has 0 radical (unpaired) electrons. The van der Waals surface area contributed by atoms with E-state index >= 15 is 0 Å². The summed E-state index contributed by atoms with van der Waals surface area (Å²) >= 11 is 1.52. The Labute approximate surface area is 172 Å². The molecule has 1 N–H and O–H groups in total. The van der Waals surface area contributed by atoms with Gasteiger partial charge in [-0.3, -0.25) is 4.79 Å². The molecule has 28 heavy (non-hydrogen) atoms. The lowest BCUT2D eigenvalue weighted by atomic mass is 10.1. The van der Waals surface area contributed by atoms with Crippen LogP contribution in [-0.4, -0.2) is 22.2 Å². The fourth-order valence-electron chi connectivity index (χ4n) is 3.29. The van der Waals surface area contributed by atoms with Crippen LogP contribution >= 0.6 is 11.8 Å². The van der Waals surface area contributed by atoms with Crippen molar-refractivity contribution in [2.24, 2.45) is 0 Å². The lowest BCUT2D eigenvalue weighted by Crippen LogP contribution is -2.37. The number of nitrogens with one attached hydrogen (secondary N) is 1. The highest BCUT2D eigenvalue weighted by Gasteiger charge is 2.18. The van der Waals surface area contributed by atoms with Gasteiger partial charge in [-0.05, 0) is 63.3 Å². The van der Waals surface area contributed by atoms with Gasteiger partial charge in [-0.2, -0.15) is 0 Å². The topological polar surface area (TPSA) is 42.0 Å². The number of para-hydroxylation sites is 1. The number of pyridine rings is 1. The van der Waals surface area contributed by atoms with Crippen LogP contribution in [0.2, 0.25) is 0 Å². The van der Waals surface area contributed by atoms with Gasteiger partial charge in [0.25, 0.3) is 0 Å². The van der Waals surface area contributed by atoms with Gasteiger partial charge in [-0.15, -0.1) is 0 Å². The number of hydrogen-bond donors (Lipinski definition) is 1. The molecule has 0 saturated carbocycles. The average Bonchev–Trinajstić information content (AvgIpc) is 2.68. The minimum absolute atomic E-state index is 0.0647. The number of amides is 1. The summed E-state index contributed by atoms with van der Waals surface area (Å²) in [6.07, 6.45) is 1.90. The fraction of sp³-hybridized carbons (Fsp3) is 0.333. The molecular weight excluding hydrogens is 364 g/mol. The van der Waals surface area contributed by atoms with Gasteiger partial charge in [0.1, 0.15) is 0 Å². The number of aryl methyl sites for hydroxylation is 3. The predicted molar refractivity (Wildman–Crippen MR) is 119 cm³/mol. The Balaban J connectivity index is 1.59. The van der Waals surface area contributed by atoms with Gasteiger partial charge in [0.2, 0.25) is 5.91 Å². The molecule has 3 nitrogen and oxygen atoms in total. The molecule has 2 atom stereocenters. The molecule has 0 bridgehead atoms. The molecule has 4 heteroatoms. The third kappa shape index (κ3) is 5.14. The number of nitrogens with zero attached hydrogens (tertiary/aromatic N) is 1. The molecule has 1 aromatic heterocycles. The second-order valence-corrected chi connectivity index (χ2v) is 8.80. The first-order chi connectivity index (χ1) is 13.4. The maximum atomic E-state index is 12.6. The second kappa shape index (κ2) is 9.24. The maximum Gasteiger partial charge on any atom is 0.233 e. The summed E-state index contributed by atoms with van der Waals surface area (Å²) in [6.45, 7) is 8.20. The molecule has 0 spiro atoms. The van der Waals surface area contributed by atoms with E-state index in [1.807, 2.05) is 13.0 Å². The van der Waals surface area contributed by atoms with Crippen LogP contribution in [0.4, 0.5) is 0 Å². The number of carbonyl (C=O) groups excluding carboxylic acids is 1. The summed E-state index contributed by atoms with van der Waals surface area (Å²) < 4.78 is 0. The van der Waals surface area contributed by atoms with Crippen LogP contribution in [0.1, 0.15) is 37.0 Å². The van der Waals surface area contributed by atoms with Crippen molar-refractivity contribution in [2.45, 2.75) is 56.9 Å². The number of fused-ring (bicyclic) bond motifs is 1. The Morgan fingerprint density at radius 1 is 1.04 bits per heavy atom. The van der Waals surface area contributed by atoms with E-state index in [4.69, 9.17) is 4.98 Å². The lowest BCUT2D eigenvalue weighted by molar-refractivity contribution is -0.120. The second-order valence-electron chi connectivity index (χ2n) is 7.44. The standard InChI is InChI=1S/C24H28N2OS/c1-16-9-8-12-21-17(2)15-22(26-23(16)21)28-19(4)24(27)25-18(3)13-14-20-10-6-5-7-11-20/h5-12,15,18-19H,13-14H2,1-4H3,(H,25,27)/t18-,19+/m1/s1. The molecule has 0 unspecified atom stereocenters. The van der Waals surface area contributed by atoms with E-state index in [9.17, 15) is 4.79 Å². The quantitative estimate of drug-likeness (QED) is 0.542. The van der Waals surface area contributed by atoms with Gasteiger partial charge in [0.05, 0.1) is 15.8 Å². The van der Waals surface area contributed by atoms with Gasteiger partial charge in [0, 0.05) is 11.4 Å². The third-order valence-electron chi connectivity index (χ3n) is 4.99. The number of rotatable bonds is 7. The zero-order chi connectivity index (χ0) is 20.1. The molecular formula is C24H28N2OS. The number of aromatic nitrogens is 1. The van der Waals surface area contributed by atoms with E-state index in [2.05, 4.69) is 74.6 Å². The molecule has 0 fully saturated rings. The van der Waals surface area contributed by atoms with E-state index < -0.39 is 0 Å². The van der Waals surface area contributed by atoms with Gasteiger partial charge < -0.3 is 5.32 Å². The number of benzene rings is 2. The summed E-state index contributed by atoms with van der Waals surface area (Å²) in [5, 5.41) is 5.04. The summed E-state index contributed by atoms with van der Waals surface area (Å²) in [5.74, 6) is 0.0647. The van der Waals surface area contributed by atoms with Crippen molar-refractivity contribution < 1.29 is 4.79 Å². The lowest BCUT2D eigenvalue weighted by Gasteiger charge is -2.18. The SMILES string of the molecule is Cc1cc(S[C@@H](C)C(=O)N[C@H](C)CCc2ccccc2)nc2c(C)cccc12. The molecule has 2 aromatic carbocycles. The number of carbonyl (C=O) groups is 1. The van der Waals surface area contributed by atoms with Crippen LogP contribution < -0.4 is 5.32 Å². The van der Waals surface area contributed by atoms with Crippen molar-refractivity contribution in [3.05, 3.63) is 71.3 Å². The van der Waals surface area contributed by atoms with Crippen LogP contribution in [-0.2, 0) is 11.2 Å². The molecule has 0 aliphatic carbocycles. The van der Waals surface area contributed by atoms with Crippen LogP contribution in [0.5, 0.6) is 0 Å². The largest absolute Gasteiger partial charge is 0.353 e. The molecule has 1 heterocycles. The molecule has 3 aromatic rings. The van der Waals surface area contributed by atoms with Gasteiger partial charge in [0.15, 0.2) is 0 Å². The van der Waals surface area contributed by atoms with Crippen molar-refractivity contribution >= 4 is 28.6 Å². The van der Waals surface area contributed by atoms with Crippen molar-refractivity contribution in [2.75, 3.05) is 0 Å². The zero-order valence-corrected chi connectivity index (χ0v) is 17.8. The highest BCUT2D eigenvalue weighted by atomic mass is 32.2. The molecule has 0 saturated heterocycles. The summed E-state index contributed by atoms with van der Waals surface area (Å²) in [6, 6.07) is 18.8. The smallest absolute Gasteiger partial charge is 0.233 e. The monoisotopic (exact) mass is 392 g/mol. The number of thioether (sulfide) groups is 1. The molecule has 1 amide bonds. The van der Waals surface area contributed by atoms with Crippen LogP contribution in [0.25, 0.3) is 10.9 Å². The minimum atomic E-state index is -0.187. The van der Waals surface area contributed by atoms with Gasteiger partial charge in [-0.1, -0.05) is 60.3 Å². The summed E-state index contributed by atoms with van der Waals surface area (Å²) in [5.41, 5.74) is 4.68. The van der Waals surface area contributed by atoms with Crippen molar-refractivity contribution in [3.63, 3.8) is 0 Å². The average molecular weight is 393 g/mol. The predicted octanol–water partition coefficient (Wildman–Crippen LogP) is 5.47. The fourth-order valence-corrected chi connectivity index (χ4v) is 4.21. The summed E-state index contributed by atoms with van der Waals surface area (Å²) in [4.78, 5) is 17.4. The van der Waals surface area contributed by atoms with E-state index in [-0.39, 0.29) is 17.2 Å². The first-order valence-electron chi connectivity index (χ1n) is 9.82. The van der Waals surface area contributed by atoms with Crippen molar-refractivity contribution in [3.8, 4) is 0 Å². The van der Waals surface area contributed by atoms with Crippen molar-refractivity contribution in [1.29, 1.82) is 0 Å². The van der Waals surface area contributed by atoms with E-state index in [0.717, 1.165) is 28.9 Å². The Bertz CT molecular complexity index is 955.